The van der Waals surface area contributed by atoms with Gasteiger partial charge in [-0.3, -0.25) is 0 Å². The van der Waals surface area contributed by atoms with E-state index >= 15 is 0 Å². The predicted molar refractivity (Wildman–Crippen MR) is 64.0 cm³/mol. The Morgan fingerprint density at radius 1 is 1.53 bits per heavy atom. The highest BCUT2D eigenvalue weighted by Gasteiger charge is 2.25. The van der Waals surface area contributed by atoms with Crippen LogP contribution < -0.4 is 14.8 Å². The van der Waals surface area contributed by atoms with Gasteiger partial charge in [-0.15, -0.1) is 0 Å². The fourth-order valence-electron chi connectivity index (χ4n) is 1.73. The van der Waals surface area contributed by atoms with Crippen molar-refractivity contribution in [1.29, 1.82) is 0 Å². The molecule has 4 nitrogen and oxygen atoms in total. The van der Waals surface area contributed by atoms with Crippen LogP contribution in [0.1, 0.15) is 11.7 Å². The molecule has 0 saturated carbocycles. The average molecular weight is 306 g/mol. The third-order valence-electron chi connectivity index (χ3n) is 2.49. The predicted octanol–water partition coefficient (Wildman–Crippen LogP) is 1.61. The van der Waals surface area contributed by atoms with Crippen molar-refractivity contribution >= 4 is 15.9 Å². The topological polar surface area (TPSA) is 50.7 Å². The SMILES string of the molecule is CNCC(O)c1c(Br)cc2c(c1F)OCCO2. The van der Waals surface area contributed by atoms with Crippen molar-refractivity contribution in [3.05, 3.63) is 21.9 Å². The molecule has 0 fully saturated rings. The third kappa shape index (κ3) is 2.38. The zero-order valence-corrected chi connectivity index (χ0v) is 10.9. The van der Waals surface area contributed by atoms with E-state index in [1.54, 1.807) is 13.1 Å². The van der Waals surface area contributed by atoms with Gasteiger partial charge >= 0.3 is 0 Å². The summed E-state index contributed by atoms with van der Waals surface area (Å²) in [7, 11) is 1.69. The van der Waals surface area contributed by atoms with Crippen molar-refractivity contribution in [2.45, 2.75) is 6.10 Å². The molecule has 1 aromatic rings. The number of hydrogen-bond donors (Lipinski definition) is 2. The van der Waals surface area contributed by atoms with Crippen LogP contribution in [0, 0.1) is 5.82 Å². The number of aliphatic hydroxyl groups excluding tert-OH is 1. The van der Waals surface area contributed by atoms with Crippen LogP contribution in [-0.2, 0) is 0 Å². The molecule has 1 heterocycles. The number of nitrogens with one attached hydrogen (secondary N) is 1. The van der Waals surface area contributed by atoms with Crippen LogP contribution in [0.3, 0.4) is 0 Å². The highest BCUT2D eigenvalue weighted by atomic mass is 79.9. The first-order valence-corrected chi connectivity index (χ1v) is 6.04. The summed E-state index contributed by atoms with van der Waals surface area (Å²) >= 11 is 3.23. The lowest BCUT2D eigenvalue weighted by Gasteiger charge is -2.22. The van der Waals surface area contributed by atoms with Gasteiger partial charge in [0.05, 0.1) is 6.10 Å². The Kier molecular flexibility index (Phi) is 3.86. The Labute approximate surface area is 107 Å². The number of halogens is 2. The number of aliphatic hydroxyl groups is 1. The molecule has 0 aliphatic carbocycles. The maximum Gasteiger partial charge on any atom is 0.197 e. The van der Waals surface area contributed by atoms with Gasteiger partial charge in [-0.25, -0.2) is 4.39 Å². The maximum absolute atomic E-state index is 14.2. The number of likely N-dealkylation sites (N-methyl/N-ethyl adjacent to an activating group) is 1. The van der Waals surface area contributed by atoms with Gasteiger partial charge in [0.25, 0.3) is 0 Å². The molecule has 0 saturated heterocycles. The third-order valence-corrected chi connectivity index (χ3v) is 3.15. The van der Waals surface area contributed by atoms with Gasteiger partial charge in [0.2, 0.25) is 0 Å². The minimum Gasteiger partial charge on any atom is -0.486 e. The summed E-state index contributed by atoms with van der Waals surface area (Å²) in [5.74, 6) is -0.137. The summed E-state index contributed by atoms with van der Waals surface area (Å²) in [5, 5.41) is 12.6. The monoisotopic (exact) mass is 305 g/mol. The molecule has 0 amide bonds. The van der Waals surface area contributed by atoms with Crippen molar-refractivity contribution in [3.8, 4) is 11.5 Å². The van der Waals surface area contributed by atoms with Crippen molar-refractivity contribution < 1.29 is 19.0 Å². The van der Waals surface area contributed by atoms with Crippen LogP contribution in [0.25, 0.3) is 0 Å². The lowest BCUT2D eigenvalue weighted by atomic mass is 10.1. The molecule has 17 heavy (non-hydrogen) atoms. The van der Waals surface area contributed by atoms with Gasteiger partial charge in [0, 0.05) is 16.6 Å². The number of rotatable bonds is 3. The van der Waals surface area contributed by atoms with Crippen LogP contribution in [-0.4, -0.2) is 31.9 Å². The fraction of sp³-hybridized carbons (Fsp3) is 0.455. The normalized spacial score (nSPS) is 15.8. The molecule has 1 unspecified atom stereocenters. The standard InChI is InChI=1S/C11H13BrFNO3/c1-14-5-7(15)9-6(12)4-8-11(10(9)13)17-3-2-16-8/h4,7,14-15H,2-3,5H2,1H3. The Bertz CT molecular complexity index is 428. The van der Waals surface area contributed by atoms with Crippen molar-refractivity contribution in [2.75, 3.05) is 26.8 Å². The van der Waals surface area contributed by atoms with Gasteiger partial charge in [-0.2, -0.15) is 0 Å². The fourth-order valence-corrected chi connectivity index (χ4v) is 2.38. The Morgan fingerprint density at radius 3 is 2.94 bits per heavy atom. The van der Waals surface area contributed by atoms with E-state index in [1.807, 2.05) is 0 Å². The molecule has 94 valence electrons. The first-order valence-electron chi connectivity index (χ1n) is 5.25. The van der Waals surface area contributed by atoms with Crippen molar-refractivity contribution in [3.63, 3.8) is 0 Å². The van der Waals surface area contributed by atoms with E-state index in [9.17, 15) is 9.50 Å². The van der Waals surface area contributed by atoms with E-state index in [2.05, 4.69) is 21.2 Å². The first-order chi connectivity index (χ1) is 8.15. The molecule has 0 aromatic heterocycles. The Balaban J connectivity index is 2.45. The van der Waals surface area contributed by atoms with Crippen LogP contribution in [0.2, 0.25) is 0 Å². The number of benzene rings is 1. The minimum absolute atomic E-state index is 0.0737. The lowest BCUT2D eigenvalue weighted by molar-refractivity contribution is 0.152. The molecule has 0 spiro atoms. The van der Waals surface area contributed by atoms with Gasteiger partial charge < -0.3 is 19.9 Å². The molecule has 2 N–H and O–H groups in total. The molecule has 6 heteroatoms. The van der Waals surface area contributed by atoms with E-state index in [0.717, 1.165) is 0 Å². The molecule has 1 aromatic carbocycles. The van der Waals surface area contributed by atoms with Crippen molar-refractivity contribution in [2.24, 2.45) is 0 Å². The van der Waals surface area contributed by atoms with E-state index in [4.69, 9.17) is 9.47 Å². The summed E-state index contributed by atoms with van der Waals surface area (Å²) in [6.45, 7) is 0.972. The van der Waals surface area contributed by atoms with Gasteiger partial charge in [-0.1, -0.05) is 15.9 Å². The van der Waals surface area contributed by atoms with Gasteiger partial charge in [-0.05, 0) is 13.1 Å². The second kappa shape index (κ2) is 5.20. The second-order valence-corrected chi connectivity index (χ2v) is 4.54. The molecule has 2 rings (SSSR count). The molecule has 1 aliphatic rings. The summed E-state index contributed by atoms with van der Waals surface area (Å²) in [4.78, 5) is 0. The van der Waals surface area contributed by atoms with Crippen molar-refractivity contribution in [1.82, 2.24) is 5.32 Å². The summed E-state index contributed by atoms with van der Waals surface area (Å²) in [6, 6.07) is 1.62. The molecule has 0 bridgehead atoms. The van der Waals surface area contributed by atoms with Crippen LogP contribution >= 0.6 is 15.9 Å². The van der Waals surface area contributed by atoms with Gasteiger partial charge in [0.1, 0.15) is 13.2 Å². The number of fused-ring (bicyclic) bond motifs is 1. The zero-order valence-electron chi connectivity index (χ0n) is 9.30. The van der Waals surface area contributed by atoms with E-state index in [-0.39, 0.29) is 17.9 Å². The van der Waals surface area contributed by atoms with Crippen LogP contribution in [0.4, 0.5) is 4.39 Å². The molecular weight excluding hydrogens is 293 g/mol. The quantitative estimate of drug-likeness (QED) is 0.891. The second-order valence-electron chi connectivity index (χ2n) is 3.68. The highest BCUT2D eigenvalue weighted by Crippen LogP contribution is 2.41. The van der Waals surface area contributed by atoms with E-state index in [0.29, 0.717) is 23.4 Å². The smallest absolute Gasteiger partial charge is 0.197 e. The zero-order chi connectivity index (χ0) is 12.4. The summed E-state index contributed by atoms with van der Waals surface area (Å²) in [6.07, 6.45) is -0.940. The lowest BCUT2D eigenvalue weighted by Crippen LogP contribution is -2.21. The van der Waals surface area contributed by atoms with E-state index < -0.39 is 11.9 Å². The van der Waals surface area contributed by atoms with Crippen LogP contribution in [0.5, 0.6) is 11.5 Å². The molecule has 1 aliphatic heterocycles. The minimum atomic E-state index is -0.940. The Hall–Kier alpha value is -0.850. The average Bonchev–Trinajstić information content (AvgIpc) is 2.29. The number of hydrogen-bond acceptors (Lipinski definition) is 4. The molecule has 0 radical (unpaired) electrons. The first kappa shape index (κ1) is 12.6. The number of ether oxygens (including phenoxy) is 2. The maximum atomic E-state index is 14.2. The Morgan fingerprint density at radius 2 is 2.24 bits per heavy atom. The summed E-state index contributed by atoms with van der Waals surface area (Å²) in [5.41, 5.74) is 0.184. The van der Waals surface area contributed by atoms with E-state index in [1.165, 1.54) is 0 Å². The van der Waals surface area contributed by atoms with Crippen LogP contribution in [0.15, 0.2) is 10.5 Å². The highest BCUT2D eigenvalue weighted by molar-refractivity contribution is 9.10. The molecular formula is C11H13BrFNO3. The molecule has 1 atom stereocenters. The summed E-state index contributed by atoms with van der Waals surface area (Å²) < 4.78 is 25.2. The largest absolute Gasteiger partial charge is 0.486 e. The van der Waals surface area contributed by atoms with Gasteiger partial charge in [0.15, 0.2) is 17.3 Å².